The minimum absolute atomic E-state index is 0.0936. The number of carbonyl (C=O) groups is 2. The lowest BCUT2D eigenvalue weighted by molar-refractivity contribution is -0.246. The number of carboxylic acids is 1. The normalized spacial score (nSPS) is 46.5. The van der Waals surface area contributed by atoms with Gasteiger partial charge in [0, 0.05) is 42.4 Å². The van der Waals surface area contributed by atoms with Crippen LogP contribution in [0, 0.1) is 68.5 Å². The van der Waals surface area contributed by atoms with Gasteiger partial charge in [-0.2, -0.15) is 11.8 Å². The molecule has 0 amide bonds. The fraction of sp³-hybridized carbons (Fsp3) is 0.909. The molecule has 0 radical (unpaired) electrons. The third-order valence-electron chi connectivity index (χ3n) is 18.6. The summed E-state index contributed by atoms with van der Waals surface area (Å²) in [6.07, 6.45) is 13.5. The van der Waals surface area contributed by atoms with Crippen molar-refractivity contribution in [2.45, 2.75) is 137 Å². The zero-order valence-electron chi connectivity index (χ0n) is 35.0. The van der Waals surface area contributed by atoms with Crippen molar-refractivity contribution in [2.75, 3.05) is 43.1 Å². The molecular weight excluding hydrogens is 717 g/mol. The Labute approximate surface area is 331 Å². The van der Waals surface area contributed by atoms with Gasteiger partial charge in [0.25, 0.3) is 0 Å². The number of hydrogen-bond donors (Lipinski definition) is 2. The molecule has 1 aliphatic heterocycles. The molecular formula is C44H72N2O6S2. The molecule has 0 spiro atoms. The van der Waals surface area contributed by atoms with Gasteiger partial charge in [-0.3, -0.25) is 14.5 Å². The van der Waals surface area contributed by atoms with Crippen molar-refractivity contribution in [1.29, 1.82) is 0 Å². The number of sulfone groups is 1. The highest BCUT2D eigenvalue weighted by Gasteiger charge is 2.72. The third-order valence-corrected chi connectivity index (χ3v) is 20.9. The Morgan fingerprint density at radius 1 is 0.870 bits per heavy atom. The molecule has 6 aliphatic carbocycles. The van der Waals surface area contributed by atoms with E-state index in [0.29, 0.717) is 48.7 Å². The quantitative estimate of drug-likeness (QED) is 0.170. The topological polar surface area (TPSA) is 113 Å². The molecule has 7 fully saturated rings. The molecule has 54 heavy (non-hydrogen) atoms. The molecule has 7 aliphatic rings. The molecule has 0 aromatic rings. The van der Waals surface area contributed by atoms with Crippen LogP contribution in [0.15, 0.2) is 12.2 Å². The molecule has 8 nitrogen and oxygen atoms in total. The standard InChI is InChI=1S/C44H72N2O6S2/c1-27(2)29-13-18-44(45-25-28(26-53-10)46-21-23-54(50,51)24-22-46)20-19-42(8)30(34(29)44)11-12-32-41(7)16-15-33(39(3,4)31(41)14-17-43(32,42)9)52-38(49)36-35(37(47)48)40(36,5)6/h28-36,45H,1,11-26H2,2-10H3,(H,47,48)/t28-,29+,30-,31+,32-,33+,34-,35+,36-,41+,42-,43-,44+/m1/s1. The molecule has 7 rings (SSSR count). The molecule has 2 N–H and O–H groups in total. The van der Waals surface area contributed by atoms with Crippen LogP contribution >= 0.6 is 11.8 Å². The van der Waals surface area contributed by atoms with Gasteiger partial charge in [-0.1, -0.05) is 60.6 Å². The monoisotopic (exact) mass is 788 g/mol. The SMILES string of the molecule is C=C(C)[C@@H]1CC[C@]2(NC[C@H](CSC)N3CCS(=O)(=O)CC3)CC[C@]3(C)[C@H](CC[C@@H]4[C@@]5(C)CC[C@H](OC(=O)[C@H]6[C@@H](C(=O)O)C6(C)C)C(C)(C)[C@@H]5CC[C@]43C)[C@@H]12. The zero-order valence-corrected chi connectivity index (χ0v) is 36.6. The minimum atomic E-state index is -2.92. The van der Waals surface area contributed by atoms with Gasteiger partial charge in [0.15, 0.2) is 9.84 Å². The van der Waals surface area contributed by atoms with Crippen molar-refractivity contribution in [2.24, 2.45) is 68.5 Å². The van der Waals surface area contributed by atoms with Crippen LogP contribution in [0.5, 0.6) is 0 Å². The number of ether oxygens (including phenoxy) is 1. The Bertz CT molecular complexity index is 1620. The third kappa shape index (κ3) is 6.21. The van der Waals surface area contributed by atoms with Crippen LogP contribution in [0.1, 0.15) is 120 Å². The Kier molecular flexibility index (Phi) is 10.5. The first kappa shape index (κ1) is 41.1. The predicted molar refractivity (Wildman–Crippen MR) is 218 cm³/mol. The maximum atomic E-state index is 13.5. The molecule has 6 saturated carbocycles. The van der Waals surface area contributed by atoms with Crippen molar-refractivity contribution in [3.63, 3.8) is 0 Å². The average molecular weight is 789 g/mol. The summed E-state index contributed by atoms with van der Waals surface area (Å²) in [5, 5.41) is 14.1. The maximum absolute atomic E-state index is 13.5. The number of hydrogen-bond acceptors (Lipinski definition) is 8. The summed E-state index contributed by atoms with van der Waals surface area (Å²) in [6.45, 7) is 25.5. The van der Waals surface area contributed by atoms with Gasteiger partial charge >= 0.3 is 11.9 Å². The number of rotatable bonds is 10. The summed E-state index contributed by atoms with van der Waals surface area (Å²) in [4.78, 5) is 27.8. The second kappa shape index (κ2) is 13.7. The highest BCUT2D eigenvalue weighted by molar-refractivity contribution is 7.98. The predicted octanol–water partition coefficient (Wildman–Crippen LogP) is 7.72. The van der Waals surface area contributed by atoms with Crippen LogP contribution in [0.2, 0.25) is 0 Å². The van der Waals surface area contributed by atoms with Gasteiger partial charge in [-0.25, -0.2) is 8.42 Å². The van der Waals surface area contributed by atoms with Gasteiger partial charge < -0.3 is 15.2 Å². The number of thioether (sulfide) groups is 1. The largest absolute Gasteiger partial charge is 0.481 e. The molecule has 0 aromatic heterocycles. The number of esters is 1. The minimum Gasteiger partial charge on any atom is -0.481 e. The lowest BCUT2D eigenvalue weighted by Crippen LogP contribution is -2.69. The summed E-state index contributed by atoms with van der Waals surface area (Å²) < 4.78 is 30.9. The number of carbonyl (C=O) groups excluding carboxylic acids is 1. The maximum Gasteiger partial charge on any atom is 0.310 e. The molecule has 0 unspecified atom stereocenters. The summed E-state index contributed by atoms with van der Waals surface area (Å²) in [5.41, 5.74) is 1.28. The molecule has 10 heteroatoms. The van der Waals surface area contributed by atoms with Crippen LogP contribution < -0.4 is 5.32 Å². The second-order valence-corrected chi connectivity index (χ2v) is 24.6. The Morgan fingerprint density at radius 3 is 2.17 bits per heavy atom. The van der Waals surface area contributed by atoms with Gasteiger partial charge in [0.1, 0.15) is 6.10 Å². The highest BCUT2D eigenvalue weighted by Crippen LogP contribution is 2.76. The number of nitrogens with zero attached hydrogens (tertiary/aromatic N) is 1. The second-order valence-electron chi connectivity index (χ2n) is 21.4. The van der Waals surface area contributed by atoms with E-state index >= 15 is 0 Å². The zero-order chi connectivity index (χ0) is 39.4. The number of aliphatic carboxylic acids is 1. The Morgan fingerprint density at radius 2 is 1.56 bits per heavy atom. The smallest absolute Gasteiger partial charge is 0.310 e. The van der Waals surface area contributed by atoms with Crippen molar-refractivity contribution >= 4 is 33.5 Å². The molecule has 13 atom stereocenters. The van der Waals surface area contributed by atoms with E-state index in [0.717, 1.165) is 31.6 Å². The van der Waals surface area contributed by atoms with Crippen molar-refractivity contribution in [3.05, 3.63) is 12.2 Å². The number of fused-ring (bicyclic) bond motifs is 7. The van der Waals surface area contributed by atoms with E-state index in [1.54, 1.807) is 0 Å². The van der Waals surface area contributed by atoms with Crippen LogP contribution in [-0.4, -0.2) is 91.2 Å². The number of allylic oxidation sites excluding steroid dienone is 1. The molecule has 0 bridgehead atoms. The summed E-state index contributed by atoms with van der Waals surface area (Å²) >= 11 is 1.87. The van der Waals surface area contributed by atoms with Crippen LogP contribution in [0.25, 0.3) is 0 Å². The Hall–Kier alpha value is -1.10. The molecule has 0 aromatic carbocycles. The van der Waals surface area contributed by atoms with E-state index in [-0.39, 0.29) is 50.8 Å². The van der Waals surface area contributed by atoms with E-state index in [4.69, 9.17) is 4.74 Å². The first-order valence-corrected chi connectivity index (χ1v) is 24.6. The lowest BCUT2D eigenvalue weighted by atomic mass is 9.32. The Balaban J connectivity index is 1.11. The average Bonchev–Trinajstić information content (AvgIpc) is 3.47. The molecule has 306 valence electrons. The number of nitrogens with one attached hydrogen (secondary N) is 1. The van der Waals surface area contributed by atoms with Crippen LogP contribution in [-0.2, 0) is 24.2 Å². The van der Waals surface area contributed by atoms with Gasteiger partial charge in [0.05, 0.1) is 23.3 Å². The first-order chi connectivity index (χ1) is 25.1. The van der Waals surface area contributed by atoms with Crippen LogP contribution in [0.4, 0.5) is 0 Å². The molecule has 1 heterocycles. The van der Waals surface area contributed by atoms with Crippen molar-refractivity contribution in [3.8, 4) is 0 Å². The van der Waals surface area contributed by atoms with Gasteiger partial charge in [-0.05, 0) is 129 Å². The fourth-order valence-electron chi connectivity index (χ4n) is 15.3. The first-order valence-electron chi connectivity index (χ1n) is 21.4. The van der Waals surface area contributed by atoms with Crippen molar-refractivity contribution in [1.82, 2.24) is 10.2 Å². The lowest BCUT2D eigenvalue weighted by Gasteiger charge is -2.73. The van der Waals surface area contributed by atoms with E-state index in [2.05, 4.69) is 64.6 Å². The summed E-state index contributed by atoms with van der Waals surface area (Å²) in [7, 11) is -2.92. The van der Waals surface area contributed by atoms with E-state index in [1.165, 1.54) is 50.5 Å². The van der Waals surface area contributed by atoms with E-state index in [9.17, 15) is 23.1 Å². The van der Waals surface area contributed by atoms with E-state index in [1.807, 2.05) is 25.6 Å². The summed E-state index contributed by atoms with van der Waals surface area (Å²) in [6, 6.07) is 0.332. The van der Waals surface area contributed by atoms with Crippen LogP contribution in [0.3, 0.4) is 0 Å². The van der Waals surface area contributed by atoms with E-state index < -0.39 is 33.1 Å². The van der Waals surface area contributed by atoms with Crippen molar-refractivity contribution < 1.29 is 27.9 Å². The van der Waals surface area contributed by atoms with Gasteiger partial charge in [0.2, 0.25) is 0 Å². The fourth-order valence-corrected chi connectivity index (χ4v) is 17.2. The number of carboxylic acid groups (broad SMARTS) is 1. The molecule has 1 saturated heterocycles. The summed E-state index contributed by atoms with van der Waals surface area (Å²) in [5.74, 6) is 1.88. The van der Waals surface area contributed by atoms with Gasteiger partial charge in [-0.15, -0.1) is 0 Å². The highest BCUT2D eigenvalue weighted by atomic mass is 32.2.